The third kappa shape index (κ3) is 3.27. The topological polar surface area (TPSA) is 99.7 Å². The first-order valence-corrected chi connectivity index (χ1v) is 9.07. The number of anilines is 1. The predicted molar refractivity (Wildman–Crippen MR) is 107 cm³/mol. The van der Waals surface area contributed by atoms with Crippen LogP contribution in [0.25, 0.3) is 5.69 Å². The van der Waals surface area contributed by atoms with E-state index in [1.807, 2.05) is 0 Å². The van der Waals surface area contributed by atoms with Crippen LogP contribution in [-0.4, -0.2) is 35.4 Å². The molecule has 2 heterocycles. The molecule has 0 unspecified atom stereocenters. The van der Waals surface area contributed by atoms with Crippen LogP contribution in [-0.2, 0) is 0 Å². The van der Waals surface area contributed by atoms with Gasteiger partial charge < -0.3 is 20.1 Å². The molecule has 9 heteroatoms. The smallest absolute Gasteiger partial charge is 0.269 e. The Morgan fingerprint density at radius 1 is 1.17 bits per heavy atom. The molecule has 0 atom stereocenters. The van der Waals surface area contributed by atoms with E-state index < -0.39 is 5.91 Å². The highest BCUT2D eigenvalue weighted by molar-refractivity contribution is 6.34. The summed E-state index contributed by atoms with van der Waals surface area (Å²) >= 11 is 6.16. The van der Waals surface area contributed by atoms with Crippen LogP contribution in [0, 0.1) is 6.92 Å². The fourth-order valence-electron chi connectivity index (χ4n) is 3.08. The molecule has 4 rings (SSSR count). The van der Waals surface area contributed by atoms with E-state index in [9.17, 15) is 9.59 Å². The van der Waals surface area contributed by atoms with Crippen molar-refractivity contribution < 1.29 is 19.1 Å². The molecule has 1 aliphatic heterocycles. The fourth-order valence-corrected chi connectivity index (χ4v) is 3.29. The minimum atomic E-state index is -0.704. The van der Waals surface area contributed by atoms with Crippen molar-refractivity contribution in [2.24, 2.45) is 5.73 Å². The molecule has 1 aliphatic rings. The van der Waals surface area contributed by atoms with Crippen LogP contribution >= 0.6 is 11.6 Å². The maximum absolute atomic E-state index is 13.0. The predicted octanol–water partition coefficient (Wildman–Crippen LogP) is 2.94. The maximum Gasteiger partial charge on any atom is 0.269 e. The Labute approximate surface area is 171 Å². The summed E-state index contributed by atoms with van der Waals surface area (Å²) in [7, 11) is 1.66. The molecule has 0 saturated carbocycles. The lowest BCUT2D eigenvalue weighted by Crippen LogP contribution is -2.26. The van der Waals surface area contributed by atoms with E-state index in [1.165, 1.54) is 9.58 Å². The summed E-state index contributed by atoms with van der Waals surface area (Å²) in [6.45, 7) is 1.83. The molecule has 29 heavy (non-hydrogen) atoms. The van der Waals surface area contributed by atoms with E-state index in [0.29, 0.717) is 34.1 Å². The number of ether oxygens (including phenoxy) is 2. The van der Waals surface area contributed by atoms with Crippen molar-refractivity contribution in [2.45, 2.75) is 6.92 Å². The molecule has 1 aromatic heterocycles. The zero-order valence-corrected chi connectivity index (χ0v) is 16.4. The zero-order chi connectivity index (χ0) is 20.7. The molecule has 2 N–H and O–H groups in total. The second-order valence-corrected chi connectivity index (χ2v) is 6.85. The van der Waals surface area contributed by atoms with Gasteiger partial charge in [-0.05, 0) is 37.3 Å². The van der Waals surface area contributed by atoms with Gasteiger partial charge in [-0.3, -0.25) is 9.59 Å². The molecule has 2 aromatic carbocycles. The van der Waals surface area contributed by atoms with Crippen LogP contribution in [0.5, 0.6) is 11.5 Å². The lowest BCUT2D eigenvalue weighted by Gasteiger charge is -2.18. The first kappa shape index (κ1) is 18.8. The summed E-state index contributed by atoms with van der Waals surface area (Å²) in [6, 6.07) is 12.0. The third-order valence-electron chi connectivity index (χ3n) is 4.61. The van der Waals surface area contributed by atoms with Crippen molar-refractivity contribution >= 4 is 29.1 Å². The number of amides is 2. The number of hydrogen-bond donors (Lipinski definition) is 1. The van der Waals surface area contributed by atoms with Crippen LogP contribution in [0.15, 0.2) is 42.5 Å². The van der Waals surface area contributed by atoms with Crippen LogP contribution < -0.4 is 20.1 Å². The number of nitrogens with zero attached hydrogens (tertiary/aromatic N) is 3. The van der Waals surface area contributed by atoms with Crippen molar-refractivity contribution in [1.82, 2.24) is 9.78 Å². The molecule has 0 saturated heterocycles. The van der Waals surface area contributed by atoms with Crippen molar-refractivity contribution in [3.63, 3.8) is 0 Å². The Balaban J connectivity index is 1.68. The van der Waals surface area contributed by atoms with Crippen LogP contribution in [0.4, 0.5) is 5.69 Å². The second kappa shape index (κ2) is 7.14. The number of hydrogen-bond acceptors (Lipinski definition) is 5. The molecule has 2 amide bonds. The first-order valence-electron chi connectivity index (χ1n) is 8.70. The van der Waals surface area contributed by atoms with Gasteiger partial charge in [0.15, 0.2) is 17.2 Å². The Kier molecular flexibility index (Phi) is 4.63. The van der Waals surface area contributed by atoms with Crippen LogP contribution in [0.2, 0.25) is 5.02 Å². The highest BCUT2D eigenvalue weighted by atomic mass is 35.5. The van der Waals surface area contributed by atoms with E-state index in [-0.39, 0.29) is 23.4 Å². The zero-order valence-electron chi connectivity index (χ0n) is 15.7. The van der Waals surface area contributed by atoms with Gasteiger partial charge in [-0.25, -0.2) is 4.68 Å². The van der Waals surface area contributed by atoms with Gasteiger partial charge in [0.1, 0.15) is 0 Å². The standard InChI is InChI=1S/C20H17ClN4O4/c1-11-17(21)18(19(22)26)25(23-11)14-5-3-4-12(8-14)20(27)24(2)13-6-7-15-16(9-13)29-10-28-15/h3-9H,10H2,1-2H3,(H2,22,26). The molecular weight excluding hydrogens is 396 g/mol. The second-order valence-electron chi connectivity index (χ2n) is 6.48. The molecule has 0 bridgehead atoms. The number of carbonyl (C=O) groups is 2. The normalized spacial score (nSPS) is 12.1. The fraction of sp³-hybridized carbons (Fsp3) is 0.150. The van der Waals surface area contributed by atoms with Crippen LogP contribution in [0.3, 0.4) is 0 Å². The van der Waals surface area contributed by atoms with Gasteiger partial charge in [0.25, 0.3) is 11.8 Å². The number of nitrogens with two attached hydrogens (primary N) is 1. The van der Waals surface area contributed by atoms with Gasteiger partial charge in [0.2, 0.25) is 6.79 Å². The Morgan fingerprint density at radius 3 is 2.69 bits per heavy atom. The maximum atomic E-state index is 13.0. The number of rotatable bonds is 4. The van der Waals surface area contributed by atoms with E-state index in [4.69, 9.17) is 26.8 Å². The first-order chi connectivity index (χ1) is 13.9. The summed E-state index contributed by atoms with van der Waals surface area (Å²) in [5.74, 6) is 0.274. The summed E-state index contributed by atoms with van der Waals surface area (Å²) in [5.41, 5.74) is 7.54. The van der Waals surface area contributed by atoms with Crippen LogP contribution in [0.1, 0.15) is 26.5 Å². The summed E-state index contributed by atoms with van der Waals surface area (Å²) in [6.07, 6.45) is 0. The molecule has 0 fully saturated rings. The third-order valence-corrected chi connectivity index (χ3v) is 5.06. The average molecular weight is 413 g/mol. The summed E-state index contributed by atoms with van der Waals surface area (Å²) < 4.78 is 12.0. The van der Waals surface area contributed by atoms with Gasteiger partial charge in [-0.15, -0.1) is 0 Å². The molecule has 0 aliphatic carbocycles. The largest absolute Gasteiger partial charge is 0.454 e. The number of carbonyl (C=O) groups excluding carboxylic acids is 2. The molecule has 3 aromatic rings. The Hall–Kier alpha value is -3.52. The molecule has 0 spiro atoms. The van der Waals surface area contributed by atoms with E-state index in [1.54, 1.807) is 56.4 Å². The van der Waals surface area contributed by atoms with Crippen molar-refractivity contribution in [2.75, 3.05) is 18.7 Å². The highest BCUT2D eigenvalue weighted by Crippen LogP contribution is 2.35. The molecular formula is C20H17ClN4O4. The van der Waals surface area contributed by atoms with E-state index in [0.717, 1.165) is 0 Å². The molecule has 8 nitrogen and oxygen atoms in total. The number of aromatic nitrogens is 2. The number of benzene rings is 2. The highest BCUT2D eigenvalue weighted by Gasteiger charge is 2.22. The van der Waals surface area contributed by atoms with E-state index >= 15 is 0 Å². The minimum Gasteiger partial charge on any atom is -0.454 e. The quantitative estimate of drug-likeness (QED) is 0.710. The molecule has 0 radical (unpaired) electrons. The van der Waals surface area contributed by atoms with Gasteiger partial charge in [-0.2, -0.15) is 5.10 Å². The van der Waals surface area contributed by atoms with Gasteiger partial charge in [0, 0.05) is 24.4 Å². The van der Waals surface area contributed by atoms with Crippen molar-refractivity contribution in [3.8, 4) is 17.2 Å². The lowest BCUT2D eigenvalue weighted by atomic mass is 10.1. The van der Waals surface area contributed by atoms with Gasteiger partial charge >= 0.3 is 0 Å². The van der Waals surface area contributed by atoms with Gasteiger partial charge in [-0.1, -0.05) is 17.7 Å². The SMILES string of the molecule is Cc1nn(-c2cccc(C(=O)N(C)c3ccc4c(c3)OCO4)c2)c(C(N)=O)c1Cl. The van der Waals surface area contributed by atoms with E-state index in [2.05, 4.69) is 5.10 Å². The number of fused-ring (bicyclic) bond motifs is 1. The summed E-state index contributed by atoms with van der Waals surface area (Å²) in [5, 5.41) is 4.46. The average Bonchev–Trinajstić information content (AvgIpc) is 3.30. The number of halogens is 1. The van der Waals surface area contributed by atoms with Crippen molar-refractivity contribution in [1.29, 1.82) is 0 Å². The number of primary amides is 1. The Bertz CT molecular complexity index is 1140. The van der Waals surface area contributed by atoms with Gasteiger partial charge in [0.05, 0.1) is 16.4 Å². The monoisotopic (exact) mass is 412 g/mol. The number of aryl methyl sites for hydroxylation is 1. The molecule has 148 valence electrons. The summed E-state index contributed by atoms with van der Waals surface area (Å²) in [4.78, 5) is 26.3. The Morgan fingerprint density at radius 2 is 1.93 bits per heavy atom. The van der Waals surface area contributed by atoms with Crippen molar-refractivity contribution in [3.05, 3.63) is 64.4 Å². The minimum absolute atomic E-state index is 0.0675. The lowest BCUT2D eigenvalue weighted by molar-refractivity contribution is 0.0986.